The van der Waals surface area contributed by atoms with Gasteiger partial charge in [-0.05, 0) is 55.0 Å². The normalized spacial score (nSPS) is 19.0. The maximum atomic E-state index is 13.5. The van der Waals surface area contributed by atoms with Crippen molar-refractivity contribution in [2.24, 2.45) is 11.3 Å². The van der Waals surface area contributed by atoms with Crippen molar-refractivity contribution in [3.05, 3.63) is 59.7 Å². The fraction of sp³-hybridized carbons (Fsp3) is 0.368. The molecule has 0 radical (unpaired) electrons. The van der Waals surface area contributed by atoms with Crippen molar-refractivity contribution in [2.75, 3.05) is 18.0 Å². The largest absolute Gasteiger partial charge is 0.369 e. The Balaban J connectivity index is 1.36. The molecule has 0 amide bonds. The third-order valence-corrected chi connectivity index (χ3v) is 5.16. The molecule has 2 fully saturated rings. The number of nitrogens with zero attached hydrogens (tertiary/aromatic N) is 3. The molecule has 1 aromatic carbocycles. The molecule has 0 bridgehead atoms. The maximum Gasteiger partial charge on any atom is 0.125 e. The summed E-state index contributed by atoms with van der Waals surface area (Å²) in [6.45, 7) is 1.88. The molecule has 1 saturated carbocycles. The minimum absolute atomic E-state index is 0.275. The molecule has 4 rings (SSSR count). The van der Waals surface area contributed by atoms with Gasteiger partial charge in [0.1, 0.15) is 11.9 Å². The predicted molar refractivity (Wildman–Crippen MR) is 86.4 cm³/mol. The molecule has 1 saturated heterocycles. The summed E-state index contributed by atoms with van der Waals surface area (Å²) in [7, 11) is 0. The number of nitriles is 1. The molecule has 1 spiro atoms. The summed E-state index contributed by atoms with van der Waals surface area (Å²) >= 11 is 0. The van der Waals surface area contributed by atoms with Gasteiger partial charge in [0.2, 0.25) is 0 Å². The van der Waals surface area contributed by atoms with Gasteiger partial charge in [-0.3, -0.25) is 4.98 Å². The zero-order chi connectivity index (χ0) is 15.9. The summed E-state index contributed by atoms with van der Waals surface area (Å²) < 4.78 is 13.5. The zero-order valence-corrected chi connectivity index (χ0v) is 12.9. The lowest BCUT2D eigenvalue weighted by Gasteiger charge is -2.60. The van der Waals surface area contributed by atoms with E-state index in [0.29, 0.717) is 11.0 Å². The fourth-order valence-electron chi connectivity index (χ4n) is 4.21. The highest BCUT2D eigenvalue weighted by molar-refractivity contribution is 5.61. The fourth-order valence-corrected chi connectivity index (χ4v) is 4.21. The van der Waals surface area contributed by atoms with E-state index < -0.39 is 0 Å². The Labute approximate surface area is 135 Å². The highest BCUT2D eigenvalue weighted by Gasteiger charge is 2.52. The van der Waals surface area contributed by atoms with E-state index in [0.717, 1.165) is 31.1 Å². The minimum Gasteiger partial charge on any atom is -0.369 e. The molecule has 4 heteroatoms. The summed E-state index contributed by atoms with van der Waals surface area (Å²) in [6.07, 6.45) is 7.29. The Morgan fingerprint density at radius 2 is 2.13 bits per heavy atom. The average Bonchev–Trinajstić information content (AvgIpc) is 2.49. The van der Waals surface area contributed by atoms with Crippen LogP contribution in [0.2, 0.25) is 0 Å². The van der Waals surface area contributed by atoms with Crippen LogP contribution in [-0.4, -0.2) is 18.1 Å². The summed E-state index contributed by atoms with van der Waals surface area (Å²) in [6, 6.07) is 10.7. The molecule has 0 atom stereocenters. The molecular formula is C19H18FN3. The quantitative estimate of drug-likeness (QED) is 0.870. The highest BCUT2D eigenvalue weighted by atomic mass is 19.1. The van der Waals surface area contributed by atoms with Crippen molar-refractivity contribution in [3.8, 4) is 6.07 Å². The molecule has 2 heterocycles. The van der Waals surface area contributed by atoms with Crippen LogP contribution in [-0.2, 0) is 6.42 Å². The second-order valence-electron chi connectivity index (χ2n) is 6.97. The van der Waals surface area contributed by atoms with Gasteiger partial charge in [0.25, 0.3) is 0 Å². The second kappa shape index (κ2) is 5.34. The van der Waals surface area contributed by atoms with Gasteiger partial charge in [0.05, 0.1) is 11.3 Å². The summed E-state index contributed by atoms with van der Waals surface area (Å²) in [5.41, 5.74) is 2.99. The zero-order valence-electron chi connectivity index (χ0n) is 12.9. The molecule has 1 aliphatic carbocycles. The van der Waals surface area contributed by atoms with Crippen molar-refractivity contribution in [3.63, 3.8) is 0 Å². The molecule has 2 aromatic rings. The Morgan fingerprint density at radius 1 is 1.30 bits per heavy atom. The molecule has 0 N–H and O–H groups in total. The number of benzene rings is 1. The van der Waals surface area contributed by atoms with Crippen LogP contribution < -0.4 is 4.90 Å². The first-order valence-electron chi connectivity index (χ1n) is 8.01. The third-order valence-electron chi connectivity index (χ3n) is 5.16. The van der Waals surface area contributed by atoms with Crippen molar-refractivity contribution in [1.82, 2.24) is 4.98 Å². The van der Waals surface area contributed by atoms with Crippen LogP contribution in [0.4, 0.5) is 10.1 Å². The van der Waals surface area contributed by atoms with E-state index in [1.165, 1.54) is 30.5 Å². The number of halogens is 1. The lowest BCUT2D eigenvalue weighted by Crippen LogP contribution is -2.62. The van der Waals surface area contributed by atoms with Crippen LogP contribution in [0.25, 0.3) is 0 Å². The van der Waals surface area contributed by atoms with E-state index in [9.17, 15) is 9.65 Å². The lowest BCUT2D eigenvalue weighted by atomic mass is 9.56. The van der Waals surface area contributed by atoms with Crippen LogP contribution >= 0.6 is 0 Å². The van der Waals surface area contributed by atoms with Crippen molar-refractivity contribution in [1.29, 1.82) is 5.26 Å². The highest BCUT2D eigenvalue weighted by Crippen LogP contribution is 2.54. The molecule has 1 aromatic heterocycles. The number of hydrogen-bond acceptors (Lipinski definition) is 3. The minimum atomic E-state index is -0.275. The van der Waals surface area contributed by atoms with E-state index in [-0.39, 0.29) is 5.82 Å². The Kier molecular flexibility index (Phi) is 3.30. The summed E-state index contributed by atoms with van der Waals surface area (Å²) in [4.78, 5) is 6.31. The standard InChI is InChI=1S/C19H18FN3/c20-17-4-3-16(10-21)18(7-17)23-12-19(13-23)8-15(9-19)6-14-2-1-5-22-11-14/h1-5,7,11,15H,6,8-9,12-13H2. The Bertz CT molecular complexity index is 752. The first kappa shape index (κ1) is 14.2. The Morgan fingerprint density at radius 3 is 2.83 bits per heavy atom. The smallest absolute Gasteiger partial charge is 0.125 e. The van der Waals surface area contributed by atoms with Crippen LogP contribution in [0, 0.1) is 28.5 Å². The van der Waals surface area contributed by atoms with Crippen LogP contribution in [0.5, 0.6) is 0 Å². The average molecular weight is 307 g/mol. The van der Waals surface area contributed by atoms with E-state index in [1.807, 2.05) is 12.3 Å². The molecule has 23 heavy (non-hydrogen) atoms. The monoisotopic (exact) mass is 307 g/mol. The first-order valence-corrected chi connectivity index (χ1v) is 8.01. The van der Waals surface area contributed by atoms with Gasteiger partial charge < -0.3 is 4.90 Å². The van der Waals surface area contributed by atoms with Crippen LogP contribution in [0.3, 0.4) is 0 Å². The topological polar surface area (TPSA) is 39.9 Å². The van der Waals surface area contributed by atoms with Gasteiger partial charge in [-0.1, -0.05) is 6.07 Å². The van der Waals surface area contributed by atoms with Gasteiger partial charge in [-0.25, -0.2) is 4.39 Å². The molecule has 2 aliphatic rings. The van der Waals surface area contributed by atoms with E-state index in [4.69, 9.17) is 0 Å². The van der Waals surface area contributed by atoms with Gasteiger partial charge in [0.15, 0.2) is 0 Å². The van der Waals surface area contributed by atoms with Gasteiger partial charge in [-0.15, -0.1) is 0 Å². The number of aromatic nitrogens is 1. The van der Waals surface area contributed by atoms with Crippen molar-refractivity contribution in [2.45, 2.75) is 19.3 Å². The van der Waals surface area contributed by atoms with E-state index >= 15 is 0 Å². The third kappa shape index (κ3) is 2.57. The molecule has 1 aliphatic heterocycles. The molecular weight excluding hydrogens is 289 g/mol. The number of pyridine rings is 1. The number of hydrogen-bond donors (Lipinski definition) is 0. The summed E-state index contributed by atoms with van der Waals surface area (Å²) in [5, 5.41) is 9.18. The van der Waals surface area contributed by atoms with Crippen molar-refractivity contribution >= 4 is 5.69 Å². The predicted octanol–water partition coefficient (Wildman–Crippen LogP) is 3.55. The van der Waals surface area contributed by atoms with Crippen LogP contribution in [0.15, 0.2) is 42.7 Å². The molecule has 0 unspecified atom stereocenters. The molecule has 116 valence electrons. The molecule has 3 nitrogen and oxygen atoms in total. The van der Waals surface area contributed by atoms with E-state index in [2.05, 4.69) is 22.0 Å². The SMILES string of the molecule is N#Cc1ccc(F)cc1N1CC2(CC(Cc3cccnc3)C2)C1. The van der Waals surface area contributed by atoms with E-state index in [1.54, 1.807) is 12.3 Å². The first-order chi connectivity index (χ1) is 11.2. The maximum absolute atomic E-state index is 13.5. The van der Waals surface area contributed by atoms with Gasteiger partial charge >= 0.3 is 0 Å². The lowest BCUT2D eigenvalue weighted by molar-refractivity contribution is 0.0239. The van der Waals surface area contributed by atoms with Crippen LogP contribution in [0.1, 0.15) is 24.0 Å². The second-order valence-corrected chi connectivity index (χ2v) is 6.97. The van der Waals surface area contributed by atoms with Gasteiger partial charge in [-0.2, -0.15) is 5.26 Å². The van der Waals surface area contributed by atoms with Gasteiger partial charge in [0, 0.05) is 30.9 Å². The summed E-state index contributed by atoms with van der Waals surface area (Å²) in [5.74, 6) is 0.451. The number of anilines is 1. The Hall–Kier alpha value is -2.41. The number of rotatable bonds is 3. The van der Waals surface area contributed by atoms with Crippen molar-refractivity contribution < 1.29 is 4.39 Å².